The van der Waals surface area contributed by atoms with Crippen molar-refractivity contribution in [1.29, 1.82) is 0 Å². The van der Waals surface area contributed by atoms with E-state index in [4.69, 9.17) is 4.55 Å². The molecular weight excluding hydrogens is 397 g/mol. The van der Waals surface area contributed by atoms with Crippen LogP contribution >= 0.6 is 22.6 Å². The maximum atomic E-state index is 10.5. The summed E-state index contributed by atoms with van der Waals surface area (Å²) in [6.45, 7) is 0. The van der Waals surface area contributed by atoms with Crippen LogP contribution < -0.4 is 0 Å². The molecule has 1 N–H and O–H groups in total. The molecule has 0 amide bonds. The topological polar surface area (TPSA) is 97.5 Å². The fourth-order valence-corrected chi connectivity index (χ4v) is 2.05. The Balaban J connectivity index is 0.000000240. The summed E-state index contributed by atoms with van der Waals surface area (Å²) >= 11 is 2.28. The third-order valence-electron chi connectivity index (χ3n) is 2.08. The summed E-state index contributed by atoms with van der Waals surface area (Å²) in [5, 5.41) is 10.2. The van der Waals surface area contributed by atoms with Gasteiger partial charge in [-0.25, -0.2) is 0 Å². The minimum atomic E-state index is -4.27. The molecule has 0 saturated carbocycles. The lowest BCUT2D eigenvalue weighted by atomic mass is 10.3. The van der Waals surface area contributed by atoms with E-state index in [0.717, 1.165) is 24.3 Å². The Labute approximate surface area is 129 Å². The highest BCUT2D eigenvalue weighted by Crippen LogP contribution is 2.14. The van der Waals surface area contributed by atoms with Crippen molar-refractivity contribution < 1.29 is 17.9 Å². The zero-order valence-corrected chi connectivity index (χ0v) is 13.0. The minimum Gasteiger partial charge on any atom is -0.282 e. The van der Waals surface area contributed by atoms with Crippen molar-refractivity contribution in [2.45, 2.75) is 4.90 Å². The molecule has 6 nitrogen and oxygen atoms in total. The first-order valence-electron chi connectivity index (χ1n) is 5.23. The van der Waals surface area contributed by atoms with E-state index < -0.39 is 15.0 Å². The van der Waals surface area contributed by atoms with Gasteiger partial charge in [0.2, 0.25) is 0 Å². The molecule has 2 rings (SSSR count). The Bertz CT molecular complexity index is 671. The summed E-state index contributed by atoms with van der Waals surface area (Å²) in [5.41, 5.74) is -0.229. The van der Waals surface area contributed by atoms with E-state index in [9.17, 15) is 18.5 Å². The second-order valence-corrected chi connectivity index (χ2v) is 6.19. The van der Waals surface area contributed by atoms with Crippen LogP contribution in [0.3, 0.4) is 0 Å². The molecule has 0 bridgehead atoms. The standard InChI is InChI=1S/C6H5I.C6H5NO5S/c7-6-4-2-1-3-5-6;8-7(9)5-1-3-6(4-2-5)13(10,11)12/h1-5H;1-4H,(H,10,11,12). The molecule has 0 aliphatic rings. The van der Waals surface area contributed by atoms with Crippen LogP contribution in [0, 0.1) is 13.7 Å². The second-order valence-electron chi connectivity index (χ2n) is 3.52. The van der Waals surface area contributed by atoms with Gasteiger partial charge in [-0.05, 0) is 46.9 Å². The fourth-order valence-electron chi connectivity index (χ4n) is 1.15. The molecule has 106 valence electrons. The monoisotopic (exact) mass is 407 g/mol. The summed E-state index contributed by atoms with van der Waals surface area (Å²) in [5.74, 6) is 0. The number of hydrogen-bond donors (Lipinski definition) is 1. The number of nitro groups is 1. The molecule has 0 fully saturated rings. The van der Waals surface area contributed by atoms with E-state index in [1.165, 1.54) is 3.57 Å². The highest BCUT2D eigenvalue weighted by Gasteiger charge is 2.11. The maximum absolute atomic E-state index is 10.5. The first kappa shape index (κ1) is 16.5. The lowest BCUT2D eigenvalue weighted by Gasteiger charge is -1.94. The summed E-state index contributed by atoms with van der Waals surface area (Å²) < 4.78 is 30.8. The molecule has 0 heterocycles. The molecule has 0 radical (unpaired) electrons. The zero-order chi connectivity index (χ0) is 15.2. The summed E-state index contributed by atoms with van der Waals surface area (Å²) in [7, 11) is -4.27. The molecule has 2 aromatic rings. The quantitative estimate of drug-likeness (QED) is 0.357. The summed E-state index contributed by atoms with van der Waals surface area (Å²) in [6.07, 6.45) is 0. The number of rotatable bonds is 2. The van der Waals surface area contributed by atoms with Crippen LogP contribution in [-0.4, -0.2) is 17.9 Å². The van der Waals surface area contributed by atoms with Crippen molar-refractivity contribution in [1.82, 2.24) is 0 Å². The second kappa shape index (κ2) is 7.31. The van der Waals surface area contributed by atoms with Gasteiger partial charge >= 0.3 is 0 Å². The lowest BCUT2D eigenvalue weighted by Crippen LogP contribution is -1.97. The lowest BCUT2D eigenvalue weighted by molar-refractivity contribution is -0.384. The predicted molar refractivity (Wildman–Crippen MR) is 82.1 cm³/mol. The molecule has 20 heavy (non-hydrogen) atoms. The molecule has 0 saturated heterocycles. The van der Waals surface area contributed by atoms with Crippen LogP contribution in [0.2, 0.25) is 0 Å². The molecule has 0 aliphatic heterocycles. The van der Waals surface area contributed by atoms with E-state index in [0.29, 0.717) is 0 Å². The highest BCUT2D eigenvalue weighted by atomic mass is 127. The molecular formula is C12H10INO5S. The number of halogens is 1. The van der Waals surface area contributed by atoms with E-state index in [1.807, 2.05) is 18.2 Å². The average molecular weight is 407 g/mol. The van der Waals surface area contributed by atoms with Gasteiger partial charge in [-0.2, -0.15) is 8.42 Å². The molecule has 0 atom stereocenters. The van der Waals surface area contributed by atoms with Gasteiger partial charge in [0.05, 0.1) is 9.82 Å². The van der Waals surface area contributed by atoms with Crippen LogP contribution in [0.1, 0.15) is 0 Å². The first-order chi connectivity index (χ1) is 9.30. The largest absolute Gasteiger partial charge is 0.294 e. The van der Waals surface area contributed by atoms with Crippen LogP contribution in [0.5, 0.6) is 0 Å². The smallest absolute Gasteiger partial charge is 0.282 e. The van der Waals surface area contributed by atoms with Crippen molar-refractivity contribution in [2.24, 2.45) is 0 Å². The Kier molecular flexibility index (Phi) is 6.05. The van der Waals surface area contributed by atoms with Gasteiger partial charge in [0, 0.05) is 15.7 Å². The van der Waals surface area contributed by atoms with Gasteiger partial charge < -0.3 is 0 Å². The van der Waals surface area contributed by atoms with E-state index in [1.54, 1.807) is 0 Å². The summed E-state index contributed by atoms with van der Waals surface area (Å²) in [4.78, 5) is 9.13. The third kappa shape index (κ3) is 5.63. The van der Waals surface area contributed by atoms with Gasteiger partial charge in [0.15, 0.2) is 0 Å². The number of nitro benzene ring substituents is 1. The molecule has 0 aromatic heterocycles. The fraction of sp³-hybridized carbons (Fsp3) is 0. The van der Waals surface area contributed by atoms with Gasteiger partial charge in [0.1, 0.15) is 0 Å². The Hall–Kier alpha value is -1.52. The Morgan fingerprint density at radius 2 is 1.50 bits per heavy atom. The predicted octanol–water partition coefficient (Wildman–Crippen LogP) is 3.13. The Morgan fingerprint density at radius 3 is 1.80 bits per heavy atom. The minimum absolute atomic E-state index is 0.229. The van der Waals surface area contributed by atoms with Crippen molar-refractivity contribution in [3.63, 3.8) is 0 Å². The van der Waals surface area contributed by atoms with Crippen molar-refractivity contribution in [3.05, 3.63) is 68.3 Å². The van der Waals surface area contributed by atoms with Crippen molar-refractivity contribution in [2.75, 3.05) is 0 Å². The molecule has 8 heteroatoms. The molecule has 0 unspecified atom stereocenters. The van der Waals surface area contributed by atoms with E-state index >= 15 is 0 Å². The average Bonchev–Trinajstić information content (AvgIpc) is 2.39. The van der Waals surface area contributed by atoms with Crippen molar-refractivity contribution in [3.8, 4) is 0 Å². The molecule has 0 aliphatic carbocycles. The van der Waals surface area contributed by atoms with Crippen LogP contribution in [0.25, 0.3) is 0 Å². The highest BCUT2D eigenvalue weighted by molar-refractivity contribution is 14.1. The number of nitrogens with zero attached hydrogens (tertiary/aromatic N) is 1. The molecule has 2 aromatic carbocycles. The first-order valence-corrected chi connectivity index (χ1v) is 7.75. The third-order valence-corrected chi connectivity index (χ3v) is 3.67. The van der Waals surface area contributed by atoms with Crippen molar-refractivity contribution >= 4 is 38.4 Å². The van der Waals surface area contributed by atoms with E-state index in [2.05, 4.69) is 34.7 Å². The van der Waals surface area contributed by atoms with Crippen LogP contribution in [-0.2, 0) is 10.1 Å². The number of benzene rings is 2. The SMILES string of the molecule is Ic1ccccc1.O=[N+]([O-])c1ccc(S(=O)(=O)O)cc1. The number of non-ortho nitro benzene ring substituents is 1. The zero-order valence-electron chi connectivity index (χ0n) is 10.0. The van der Waals surface area contributed by atoms with Gasteiger partial charge in [-0.15, -0.1) is 0 Å². The normalized spacial score (nSPS) is 10.3. The van der Waals surface area contributed by atoms with Gasteiger partial charge in [-0.3, -0.25) is 14.7 Å². The van der Waals surface area contributed by atoms with Gasteiger partial charge in [0.25, 0.3) is 15.8 Å². The molecule has 0 spiro atoms. The number of hydrogen-bond acceptors (Lipinski definition) is 4. The maximum Gasteiger partial charge on any atom is 0.294 e. The van der Waals surface area contributed by atoms with E-state index in [-0.39, 0.29) is 10.6 Å². The Morgan fingerprint density at radius 1 is 1.00 bits per heavy atom. The summed E-state index contributed by atoms with van der Waals surface area (Å²) in [6, 6.07) is 14.2. The van der Waals surface area contributed by atoms with Gasteiger partial charge in [-0.1, -0.05) is 18.2 Å². The van der Waals surface area contributed by atoms with Crippen LogP contribution in [0.15, 0.2) is 59.5 Å². The van der Waals surface area contributed by atoms with Crippen LogP contribution in [0.4, 0.5) is 5.69 Å².